The normalized spacial score (nSPS) is 12.6. The smallest absolute Gasteiger partial charge is 0.380 e. The molecule has 0 aliphatic rings. The molecule has 0 saturated heterocycles. The molecule has 1 unspecified atom stereocenters. The number of benzene rings is 2. The van der Waals surface area contributed by atoms with Crippen LogP contribution in [0.5, 0.6) is 0 Å². The third-order valence-electron chi connectivity index (χ3n) is 4.78. The van der Waals surface area contributed by atoms with Crippen LogP contribution in [0, 0.1) is 11.7 Å². The number of hydrogen-bond donors (Lipinski definition) is 2. The van der Waals surface area contributed by atoms with E-state index in [0.29, 0.717) is 4.68 Å². The van der Waals surface area contributed by atoms with Crippen molar-refractivity contribution < 1.29 is 22.4 Å². The van der Waals surface area contributed by atoms with Gasteiger partial charge in [0.05, 0.1) is 11.8 Å². The predicted octanol–water partition coefficient (Wildman–Crippen LogP) is 4.90. The van der Waals surface area contributed by atoms with Gasteiger partial charge < -0.3 is 10.6 Å². The molecule has 0 aliphatic carbocycles. The van der Waals surface area contributed by atoms with Gasteiger partial charge in [-0.3, -0.25) is 4.79 Å². The lowest BCUT2D eigenvalue weighted by molar-refractivity contribution is -0.143. The Morgan fingerprint density at radius 2 is 1.71 bits per heavy atom. The molecule has 3 aromatic rings. The summed E-state index contributed by atoms with van der Waals surface area (Å²) in [5, 5.41) is 9.45. The van der Waals surface area contributed by atoms with Crippen LogP contribution in [0.25, 0.3) is 5.69 Å². The number of amides is 1. The molecule has 0 bridgehead atoms. The SMILES string of the molecule is CC(C)C(CNC(=O)c1cnn(-c2ccccc2F)c1C(F)(F)F)Nc1ccccc1. The molecule has 31 heavy (non-hydrogen) atoms. The molecule has 2 N–H and O–H groups in total. The summed E-state index contributed by atoms with van der Waals surface area (Å²) in [4.78, 5) is 12.6. The Morgan fingerprint density at radius 1 is 1.06 bits per heavy atom. The minimum Gasteiger partial charge on any atom is -0.380 e. The third-order valence-corrected chi connectivity index (χ3v) is 4.78. The predicted molar refractivity (Wildman–Crippen MR) is 110 cm³/mol. The summed E-state index contributed by atoms with van der Waals surface area (Å²) in [6.45, 7) is 3.96. The monoisotopic (exact) mass is 434 g/mol. The molecule has 0 aliphatic heterocycles. The summed E-state index contributed by atoms with van der Waals surface area (Å²) in [6.07, 6.45) is -4.11. The Morgan fingerprint density at radius 3 is 2.32 bits per heavy atom. The summed E-state index contributed by atoms with van der Waals surface area (Å²) in [7, 11) is 0. The van der Waals surface area contributed by atoms with Crippen molar-refractivity contribution in [3.05, 3.63) is 77.9 Å². The maximum atomic E-state index is 14.1. The first-order chi connectivity index (χ1) is 14.7. The standard InChI is InChI=1S/C22H22F4N4O/c1-14(2)18(29-15-8-4-3-5-9-15)13-27-21(31)16-12-28-30(20(16)22(24,25)26)19-11-7-6-10-17(19)23/h3-12,14,18,29H,13H2,1-2H3,(H,27,31). The first-order valence-electron chi connectivity index (χ1n) is 9.68. The van der Waals surface area contributed by atoms with Gasteiger partial charge in [-0.2, -0.15) is 18.3 Å². The zero-order valence-electron chi connectivity index (χ0n) is 16.9. The Bertz CT molecular complexity index is 1030. The van der Waals surface area contributed by atoms with E-state index in [1.165, 1.54) is 12.1 Å². The number of aromatic nitrogens is 2. The van der Waals surface area contributed by atoms with Crippen LogP contribution >= 0.6 is 0 Å². The van der Waals surface area contributed by atoms with Crippen LogP contribution < -0.4 is 10.6 Å². The van der Waals surface area contributed by atoms with Crippen molar-refractivity contribution in [1.29, 1.82) is 0 Å². The minimum atomic E-state index is -4.91. The Balaban J connectivity index is 1.83. The van der Waals surface area contributed by atoms with Crippen molar-refractivity contribution in [3.63, 3.8) is 0 Å². The van der Waals surface area contributed by atoms with Gasteiger partial charge in [-0.25, -0.2) is 9.07 Å². The number of halogens is 4. The lowest BCUT2D eigenvalue weighted by Crippen LogP contribution is -2.40. The fourth-order valence-corrected chi connectivity index (χ4v) is 3.09. The fourth-order valence-electron chi connectivity index (χ4n) is 3.09. The summed E-state index contributed by atoms with van der Waals surface area (Å²) in [6, 6.07) is 14.0. The van der Waals surface area contributed by atoms with Gasteiger partial charge >= 0.3 is 6.18 Å². The average Bonchev–Trinajstić information content (AvgIpc) is 3.17. The van der Waals surface area contributed by atoms with Gasteiger partial charge in [0.2, 0.25) is 0 Å². The highest BCUT2D eigenvalue weighted by molar-refractivity contribution is 5.95. The third kappa shape index (κ3) is 5.22. The molecule has 0 saturated carbocycles. The van der Waals surface area contributed by atoms with E-state index < -0.39 is 29.2 Å². The van der Waals surface area contributed by atoms with Crippen LogP contribution in [0.1, 0.15) is 29.9 Å². The zero-order valence-corrected chi connectivity index (χ0v) is 16.9. The summed E-state index contributed by atoms with van der Waals surface area (Å²) >= 11 is 0. The van der Waals surface area contributed by atoms with Crippen molar-refractivity contribution in [2.24, 2.45) is 5.92 Å². The molecule has 2 aromatic carbocycles. The Kier molecular flexibility index (Phi) is 6.62. The largest absolute Gasteiger partial charge is 0.434 e. The lowest BCUT2D eigenvalue weighted by atomic mass is 10.0. The molecule has 1 atom stereocenters. The second kappa shape index (κ2) is 9.20. The summed E-state index contributed by atoms with van der Waals surface area (Å²) in [5.74, 6) is -1.73. The quantitative estimate of drug-likeness (QED) is 0.520. The maximum Gasteiger partial charge on any atom is 0.434 e. The van der Waals surface area contributed by atoms with Crippen LogP contribution in [-0.4, -0.2) is 28.3 Å². The van der Waals surface area contributed by atoms with Gasteiger partial charge in [-0.05, 0) is 30.2 Å². The summed E-state index contributed by atoms with van der Waals surface area (Å²) < 4.78 is 55.8. The van der Waals surface area contributed by atoms with Gasteiger partial charge in [-0.15, -0.1) is 0 Å². The number of para-hydroxylation sites is 2. The highest BCUT2D eigenvalue weighted by Crippen LogP contribution is 2.34. The Hall–Kier alpha value is -3.36. The number of nitrogens with one attached hydrogen (secondary N) is 2. The van der Waals surface area contributed by atoms with E-state index in [1.807, 2.05) is 44.2 Å². The molecule has 0 radical (unpaired) electrons. The molecule has 1 amide bonds. The van der Waals surface area contributed by atoms with E-state index in [4.69, 9.17) is 0 Å². The van der Waals surface area contributed by atoms with E-state index >= 15 is 0 Å². The van der Waals surface area contributed by atoms with Crippen LogP contribution in [0.4, 0.5) is 23.2 Å². The van der Waals surface area contributed by atoms with Crippen LogP contribution in [0.3, 0.4) is 0 Å². The van der Waals surface area contributed by atoms with Crippen molar-refractivity contribution in [3.8, 4) is 5.69 Å². The number of anilines is 1. The first kappa shape index (κ1) is 22.3. The molecule has 0 spiro atoms. The topological polar surface area (TPSA) is 59.0 Å². The maximum absolute atomic E-state index is 14.1. The number of nitrogens with zero attached hydrogens (tertiary/aromatic N) is 2. The van der Waals surface area contributed by atoms with Crippen LogP contribution in [0.2, 0.25) is 0 Å². The van der Waals surface area contributed by atoms with Gasteiger partial charge in [0.25, 0.3) is 5.91 Å². The van der Waals surface area contributed by atoms with Crippen LogP contribution in [-0.2, 0) is 6.18 Å². The number of rotatable bonds is 7. The number of alkyl halides is 3. The highest BCUT2D eigenvalue weighted by atomic mass is 19.4. The second-order valence-corrected chi connectivity index (χ2v) is 7.34. The molecule has 1 heterocycles. The van der Waals surface area contributed by atoms with E-state index in [-0.39, 0.29) is 24.2 Å². The highest BCUT2D eigenvalue weighted by Gasteiger charge is 2.41. The molecule has 164 valence electrons. The number of carbonyl (C=O) groups is 1. The zero-order chi connectivity index (χ0) is 22.6. The van der Waals surface area contributed by atoms with Gasteiger partial charge in [0.15, 0.2) is 5.69 Å². The molecule has 0 fully saturated rings. The van der Waals surface area contributed by atoms with Crippen molar-refractivity contribution in [1.82, 2.24) is 15.1 Å². The first-order valence-corrected chi connectivity index (χ1v) is 9.68. The average molecular weight is 434 g/mol. The Labute approximate surface area is 177 Å². The van der Waals surface area contributed by atoms with E-state index in [0.717, 1.165) is 24.0 Å². The van der Waals surface area contributed by atoms with E-state index in [1.54, 1.807) is 0 Å². The molecule has 9 heteroatoms. The summed E-state index contributed by atoms with van der Waals surface area (Å²) in [5.41, 5.74) is -1.55. The molecular weight excluding hydrogens is 412 g/mol. The van der Waals surface area contributed by atoms with Crippen molar-refractivity contribution in [2.45, 2.75) is 26.1 Å². The molecule has 3 rings (SSSR count). The number of hydrogen-bond acceptors (Lipinski definition) is 3. The fraction of sp³-hybridized carbons (Fsp3) is 0.273. The second-order valence-electron chi connectivity index (χ2n) is 7.34. The van der Waals surface area contributed by atoms with Crippen molar-refractivity contribution in [2.75, 3.05) is 11.9 Å². The molecule has 5 nitrogen and oxygen atoms in total. The van der Waals surface area contributed by atoms with Gasteiger partial charge in [0, 0.05) is 18.3 Å². The van der Waals surface area contributed by atoms with E-state index in [9.17, 15) is 22.4 Å². The minimum absolute atomic E-state index is 0.0868. The number of carbonyl (C=O) groups excluding carboxylic acids is 1. The van der Waals surface area contributed by atoms with E-state index in [2.05, 4.69) is 15.7 Å². The van der Waals surface area contributed by atoms with Gasteiger partial charge in [-0.1, -0.05) is 44.2 Å². The van der Waals surface area contributed by atoms with Crippen molar-refractivity contribution >= 4 is 11.6 Å². The molecule has 1 aromatic heterocycles. The van der Waals surface area contributed by atoms with Gasteiger partial charge in [0.1, 0.15) is 11.5 Å². The lowest BCUT2D eigenvalue weighted by Gasteiger charge is -2.24. The molecular formula is C22H22F4N4O. The van der Waals surface area contributed by atoms with Crippen LogP contribution in [0.15, 0.2) is 60.8 Å².